The van der Waals surface area contributed by atoms with E-state index in [2.05, 4.69) is 10.2 Å². The van der Waals surface area contributed by atoms with Crippen LogP contribution >= 0.6 is 0 Å². The fourth-order valence-electron chi connectivity index (χ4n) is 3.38. The Balaban J connectivity index is 1.83. The number of rotatable bonds is 10. The summed E-state index contributed by atoms with van der Waals surface area (Å²) >= 11 is 0. The van der Waals surface area contributed by atoms with E-state index < -0.39 is 22.5 Å². The lowest BCUT2D eigenvalue weighted by Crippen LogP contribution is -2.45. The molecule has 0 bridgehead atoms. The molecule has 1 N–H and O–H groups in total. The molecule has 0 atom stereocenters. The van der Waals surface area contributed by atoms with Gasteiger partial charge in [0.05, 0.1) is 38.0 Å². The van der Waals surface area contributed by atoms with Gasteiger partial charge in [-0.15, -0.1) is 0 Å². The Kier molecular flexibility index (Phi) is 8.32. The van der Waals surface area contributed by atoms with Crippen molar-refractivity contribution in [2.24, 2.45) is 0 Å². The van der Waals surface area contributed by atoms with Crippen LogP contribution in [0.2, 0.25) is 0 Å². The molecule has 0 unspecified atom stereocenters. The van der Waals surface area contributed by atoms with E-state index in [0.29, 0.717) is 37.8 Å². The molecule has 32 heavy (non-hydrogen) atoms. The maximum Gasteiger partial charge on any atom is 0.264 e. The number of carbonyl (C=O) groups is 1. The topological polar surface area (TPSA) is 97.4 Å². The van der Waals surface area contributed by atoms with Crippen molar-refractivity contribution < 1.29 is 27.4 Å². The Bertz CT molecular complexity index is 994. The number of methoxy groups -OCH3 is 2. The van der Waals surface area contributed by atoms with Gasteiger partial charge in [0, 0.05) is 32.2 Å². The molecule has 9 nitrogen and oxygen atoms in total. The lowest BCUT2D eigenvalue weighted by molar-refractivity contribution is -0.119. The Morgan fingerprint density at radius 3 is 2.47 bits per heavy atom. The van der Waals surface area contributed by atoms with Gasteiger partial charge >= 0.3 is 0 Å². The number of amides is 1. The highest BCUT2D eigenvalue weighted by atomic mass is 32.2. The zero-order chi connectivity index (χ0) is 23.0. The number of hydrogen-bond donors (Lipinski definition) is 1. The SMILES string of the molecule is COc1ccc(OC)c(N(CC(=O)NCCN2CCOCC2)S(=O)(=O)c2ccccc2)c1. The predicted molar refractivity (Wildman–Crippen MR) is 121 cm³/mol. The van der Waals surface area contributed by atoms with E-state index >= 15 is 0 Å². The molecule has 0 aromatic heterocycles. The van der Waals surface area contributed by atoms with E-state index in [-0.39, 0.29) is 10.6 Å². The first kappa shape index (κ1) is 23.8. The van der Waals surface area contributed by atoms with E-state index in [1.165, 1.54) is 26.4 Å². The summed E-state index contributed by atoms with van der Waals surface area (Å²) in [5.74, 6) is 0.343. The molecule has 174 valence electrons. The summed E-state index contributed by atoms with van der Waals surface area (Å²) in [5, 5.41) is 2.82. The number of nitrogens with zero attached hydrogens (tertiary/aromatic N) is 2. The predicted octanol–water partition coefficient (Wildman–Crippen LogP) is 1.35. The first-order chi connectivity index (χ1) is 15.5. The number of carbonyl (C=O) groups excluding carboxylic acids is 1. The van der Waals surface area contributed by atoms with E-state index in [9.17, 15) is 13.2 Å². The minimum Gasteiger partial charge on any atom is -0.497 e. The fourth-order valence-corrected chi connectivity index (χ4v) is 4.82. The van der Waals surface area contributed by atoms with E-state index in [1.54, 1.807) is 36.4 Å². The van der Waals surface area contributed by atoms with Gasteiger partial charge in [-0.05, 0) is 24.3 Å². The second kappa shape index (κ2) is 11.2. The molecule has 2 aromatic rings. The highest BCUT2D eigenvalue weighted by Crippen LogP contribution is 2.35. The fraction of sp³-hybridized carbons (Fsp3) is 0.409. The van der Waals surface area contributed by atoms with Crippen molar-refractivity contribution in [3.8, 4) is 11.5 Å². The molecule has 1 amide bonds. The third-order valence-electron chi connectivity index (χ3n) is 5.13. The monoisotopic (exact) mass is 463 g/mol. The second-order valence-electron chi connectivity index (χ2n) is 7.17. The van der Waals surface area contributed by atoms with Crippen LogP contribution in [0.25, 0.3) is 0 Å². The number of nitrogens with one attached hydrogen (secondary N) is 1. The third-order valence-corrected chi connectivity index (χ3v) is 6.90. The number of sulfonamides is 1. The van der Waals surface area contributed by atoms with Gasteiger partial charge < -0.3 is 19.5 Å². The summed E-state index contributed by atoms with van der Waals surface area (Å²) in [6.45, 7) is 3.65. The van der Waals surface area contributed by atoms with E-state index in [0.717, 1.165) is 17.4 Å². The molecule has 3 rings (SSSR count). The van der Waals surface area contributed by atoms with Crippen LogP contribution in [0, 0.1) is 0 Å². The Labute approximate surface area is 188 Å². The molecule has 2 aromatic carbocycles. The highest BCUT2D eigenvalue weighted by Gasteiger charge is 2.29. The van der Waals surface area contributed by atoms with Crippen molar-refractivity contribution in [3.05, 3.63) is 48.5 Å². The van der Waals surface area contributed by atoms with Crippen molar-refractivity contribution >= 4 is 21.6 Å². The largest absolute Gasteiger partial charge is 0.497 e. The smallest absolute Gasteiger partial charge is 0.264 e. The summed E-state index contributed by atoms with van der Waals surface area (Å²) in [6, 6.07) is 12.8. The lowest BCUT2D eigenvalue weighted by atomic mass is 10.2. The van der Waals surface area contributed by atoms with Crippen LogP contribution in [0.4, 0.5) is 5.69 Å². The molecule has 1 heterocycles. The van der Waals surface area contributed by atoms with Crippen molar-refractivity contribution in [1.82, 2.24) is 10.2 Å². The Hall–Kier alpha value is -2.82. The number of benzene rings is 2. The van der Waals surface area contributed by atoms with E-state index in [4.69, 9.17) is 14.2 Å². The van der Waals surface area contributed by atoms with Crippen molar-refractivity contribution in [1.29, 1.82) is 0 Å². The summed E-state index contributed by atoms with van der Waals surface area (Å²) in [5.41, 5.74) is 0.221. The number of anilines is 1. The normalized spacial score (nSPS) is 14.6. The maximum atomic E-state index is 13.5. The molecule has 10 heteroatoms. The van der Waals surface area contributed by atoms with Gasteiger partial charge in [0.15, 0.2) is 0 Å². The average molecular weight is 464 g/mol. The number of ether oxygens (including phenoxy) is 3. The molecular formula is C22H29N3O6S. The van der Waals surface area contributed by atoms with Crippen molar-refractivity contribution in [2.75, 3.05) is 64.5 Å². The molecule has 1 aliphatic heterocycles. The zero-order valence-corrected chi connectivity index (χ0v) is 19.1. The highest BCUT2D eigenvalue weighted by molar-refractivity contribution is 7.92. The van der Waals surface area contributed by atoms with Crippen LogP contribution in [-0.4, -0.2) is 79.4 Å². The van der Waals surface area contributed by atoms with Crippen molar-refractivity contribution in [2.45, 2.75) is 4.90 Å². The van der Waals surface area contributed by atoms with Gasteiger partial charge in [-0.2, -0.15) is 0 Å². The van der Waals surface area contributed by atoms with Gasteiger partial charge in [-0.25, -0.2) is 8.42 Å². The Morgan fingerprint density at radius 1 is 1.09 bits per heavy atom. The first-order valence-electron chi connectivity index (χ1n) is 10.3. The molecule has 0 spiro atoms. The van der Waals surface area contributed by atoms with Gasteiger partial charge in [0.1, 0.15) is 18.0 Å². The molecular weight excluding hydrogens is 434 g/mol. The van der Waals surface area contributed by atoms with Crippen LogP contribution in [0.15, 0.2) is 53.4 Å². The van der Waals surface area contributed by atoms with Crippen LogP contribution < -0.4 is 19.1 Å². The third kappa shape index (κ3) is 5.90. The van der Waals surface area contributed by atoms with Crippen LogP contribution in [0.3, 0.4) is 0 Å². The quantitative estimate of drug-likeness (QED) is 0.568. The molecule has 0 aliphatic carbocycles. The van der Waals surface area contributed by atoms with Gasteiger partial charge in [0.25, 0.3) is 10.0 Å². The summed E-state index contributed by atoms with van der Waals surface area (Å²) in [4.78, 5) is 15.0. The van der Waals surface area contributed by atoms with Gasteiger partial charge in [0.2, 0.25) is 5.91 Å². The zero-order valence-electron chi connectivity index (χ0n) is 18.3. The minimum atomic E-state index is -4.04. The maximum absolute atomic E-state index is 13.5. The molecule has 1 aliphatic rings. The summed E-state index contributed by atoms with van der Waals surface area (Å²) < 4.78 is 44.0. The van der Waals surface area contributed by atoms with E-state index in [1.807, 2.05) is 0 Å². The number of hydrogen-bond acceptors (Lipinski definition) is 7. The second-order valence-corrected chi connectivity index (χ2v) is 9.03. The summed E-state index contributed by atoms with van der Waals surface area (Å²) in [6.07, 6.45) is 0. The van der Waals surface area contributed by atoms with Crippen LogP contribution in [-0.2, 0) is 19.6 Å². The number of morpholine rings is 1. The van der Waals surface area contributed by atoms with Crippen LogP contribution in [0.1, 0.15) is 0 Å². The molecule has 0 saturated carbocycles. The minimum absolute atomic E-state index is 0.0750. The van der Waals surface area contributed by atoms with Crippen molar-refractivity contribution in [3.63, 3.8) is 0 Å². The van der Waals surface area contributed by atoms with Crippen LogP contribution in [0.5, 0.6) is 11.5 Å². The molecule has 1 fully saturated rings. The molecule has 1 saturated heterocycles. The van der Waals surface area contributed by atoms with Gasteiger partial charge in [-0.3, -0.25) is 14.0 Å². The lowest BCUT2D eigenvalue weighted by Gasteiger charge is -2.27. The first-order valence-corrected chi connectivity index (χ1v) is 11.8. The summed E-state index contributed by atoms with van der Waals surface area (Å²) in [7, 11) is -1.11. The van der Waals surface area contributed by atoms with Gasteiger partial charge in [-0.1, -0.05) is 18.2 Å². The average Bonchev–Trinajstić information content (AvgIpc) is 2.83. The standard InChI is InChI=1S/C22H29N3O6S/c1-29-18-8-9-21(30-2)20(16-18)25(32(27,28)19-6-4-3-5-7-19)17-22(26)23-10-11-24-12-14-31-15-13-24/h3-9,16H,10-15,17H2,1-2H3,(H,23,26). The molecule has 0 radical (unpaired) electrons. The Morgan fingerprint density at radius 2 is 1.81 bits per heavy atom.